The third-order valence-corrected chi connectivity index (χ3v) is 7.90. The Hall–Kier alpha value is -1.93. The number of halogens is 3. The van der Waals surface area contributed by atoms with Crippen LogP contribution in [-0.4, -0.2) is 60.7 Å². The Labute approximate surface area is 173 Å². The van der Waals surface area contributed by atoms with E-state index in [0.717, 1.165) is 50.2 Å². The molecule has 0 bridgehead atoms. The maximum Gasteiger partial charge on any atom is 0.418 e. The first-order valence-electron chi connectivity index (χ1n) is 10.9. The Bertz CT molecular complexity index is 961. The smallest absolute Gasteiger partial charge is 0.369 e. The number of aromatic nitrogens is 2. The molecule has 4 heterocycles. The molecule has 5 nitrogen and oxygen atoms in total. The van der Waals surface area contributed by atoms with Gasteiger partial charge in [0.15, 0.2) is 0 Å². The molecule has 1 spiro atoms. The molecule has 3 saturated heterocycles. The first-order valence-corrected chi connectivity index (χ1v) is 10.9. The first-order chi connectivity index (χ1) is 14.4. The Balaban J connectivity index is 1.27. The highest BCUT2D eigenvalue weighted by molar-refractivity contribution is 5.91. The molecule has 1 unspecified atom stereocenters. The number of alkyl halides is 3. The van der Waals surface area contributed by atoms with E-state index < -0.39 is 11.7 Å². The van der Waals surface area contributed by atoms with E-state index in [2.05, 4.69) is 25.1 Å². The van der Waals surface area contributed by atoms with Gasteiger partial charge in [0.25, 0.3) is 0 Å². The first kappa shape index (κ1) is 18.8. The van der Waals surface area contributed by atoms with Crippen molar-refractivity contribution >= 4 is 16.7 Å². The number of anilines is 1. The zero-order valence-electron chi connectivity index (χ0n) is 16.8. The minimum absolute atomic E-state index is 0.0457. The van der Waals surface area contributed by atoms with Crippen LogP contribution in [0.4, 0.5) is 18.9 Å². The maximum atomic E-state index is 13.5. The summed E-state index contributed by atoms with van der Waals surface area (Å²) < 4.78 is 40.4. The van der Waals surface area contributed by atoms with Crippen LogP contribution >= 0.6 is 0 Å². The summed E-state index contributed by atoms with van der Waals surface area (Å²) in [6.45, 7) is 7.54. The fraction of sp³-hybridized carbons (Fsp3) is 0.636. The predicted molar refractivity (Wildman–Crippen MR) is 108 cm³/mol. The van der Waals surface area contributed by atoms with Crippen molar-refractivity contribution in [3.05, 3.63) is 30.1 Å². The summed E-state index contributed by atoms with van der Waals surface area (Å²) in [7, 11) is 0. The van der Waals surface area contributed by atoms with Gasteiger partial charge in [-0.1, -0.05) is 0 Å². The number of likely N-dealkylation sites (tertiary alicyclic amines) is 1. The van der Waals surface area contributed by atoms with Gasteiger partial charge in [0.2, 0.25) is 0 Å². The lowest BCUT2D eigenvalue weighted by molar-refractivity contribution is -0.136. The van der Waals surface area contributed by atoms with Crippen molar-refractivity contribution in [2.45, 2.75) is 19.0 Å². The minimum atomic E-state index is -4.43. The Morgan fingerprint density at radius 3 is 2.37 bits per heavy atom. The molecule has 4 aliphatic rings. The summed E-state index contributed by atoms with van der Waals surface area (Å²) in [6, 6.07) is 2.78. The summed E-state index contributed by atoms with van der Waals surface area (Å²) in [5, 5.41) is 3.50. The van der Waals surface area contributed by atoms with Gasteiger partial charge in [-0.25, -0.2) is 0 Å². The van der Waals surface area contributed by atoms with Gasteiger partial charge in [-0.3, -0.25) is 9.97 Å². The normalized spacial score (nSPS) is 30.5. The minimum Gasteiger partial charge on any atom is -0.369 e. The molecule has 1 aliphatic carbocycles. The monoisotopic (exact) mass is 417 g/mol. The molecule has 0 radical (unpaired) electrons. The van der Waals surface area contributed by atoms with Crippen molar-refractivity contribution in [1.82, 2.24) is 20.2 Å². The van der Waals surface area contributed by atoms with Gasteiger partial charge in [-0.05, 0) is 61.2 Å². The van der Waals surface area contributed by atoms with Crippen LogP contribution in [0.1, 0.15) is 18.4 Å². The van der Waals surface area contributed by atoms with Gasteiger partial charge >= 0.3 is 6.18 Å². The van der Waals surface area contributed by atoms with E-state index in [9.17, 15) is 13.2 Å². The molecule has 6 rings (SSSR count). The summed E-state index contributed by atoms with van der Waals surface area (Å²) in [6.07, 6.45) is 0.848. The van der Waals surface area contributed by atoms with Crippen LogP contribution in [0.3, 0.4) is 0 Å². The second-order valence-corrected chi connectivity index (χ2v) is 9.72. The summed E-state index contributed by atoms with van der Waals surface area (Å²) >= 11 is 0. The number of hydrogen-bond donors (Lipinski definition) is 1. The third-order valence-electron chi connectivity index (χ3n) is 7.90. The van der Waals surface area contributed by atoms with Gasteiger partial charge in [0, 0.05) is 45.1 Å². The van der Waals surface area contributed by atoms with E-state index in [1.165, 1.54) is 44.4 Å². The SMILES string of the molecule is FC(F)(F)c1ccc(N2CC(CN3C[C@H]4CNC[C@H]4C3)C3(CC3)C2)c2nccnc12. The average molecular weight is 417 g/mol. The molecule has 1 aromatic carbocycles. The largest absolute Gasteiger partial charge is 0.418 e. The molecule has 0 amide bonds. The number of nitrogens with zero attached hydrogens (tertiary/aromatic N) is 4. The summed E-state index contributed by atoms with van der Waals surface area (Å²) in [5.41, 5.74) is 0.736. The van der Waals surface area contributed by atoms with Crippen molar-refractivity contribution in [2.24, 2.45) is 23.2 Å². The Morgan fingerprint density at radius 2 is 1.70 bits per heavy atom. The quantitative estimate of drug-likeness (QED) is 0.832. The number of hydrogen-bond acceptors (Lipinski definition) is 5. The lowest BCUT2D eigenvalue weighted by atomic mass is 9.92. The standard InChI is InChI=1S/C22H26F3N5/c23-22(24,25)17-1-2-18(20-19(17)27-5-6-28-20)30-12-16(21(13-30)3-4-21)11-29-9-14-7-26-8-15(14)10-29/h1-2,5-6,14-16,26H,3-4,7-13H2/t14-,15+,16?. The van der Waals surface area contributed by atoms with E-state index in [1.54, 1.807) is 6.07 Å². The van der Waals surface area contributed by atoms with Crippen molar-refractivity contribution in [3.8, 4) is 0 Å². The van der Waals surface area contributed by atoms with Crippen LogP contribution in [-0.2, 0) is 6.18 Å². The van der Waals surface area contributed by atoms with Gasteiger partial charge in [-0.2, -0.15) is 13.2 Å². The molecule has 1 aromatic heterocycles. The number of fused-ring (bicyclic) bond motifs is 2. The van der Waals surface area contributed by atoms with Crippen molar-refractivity contribution < 1.29 is 13.2 Å². The fourth-order valence-corrected chi connectivity index (χ4v) is 6.14. The van der Waals surface area contributed by atoms with Crippen LogP contribution in [0.2, 0.25) is 0 Å². The molecule has 8 heteroatoms. The highest BCUT2D eigenvalue weighted by Gasteiger charge is 2.56. The highest BCUT2D eigenvalue weighted by Crippen LogP contribution is 2.57. The third kappa shape index (κ3) is 2.99. The fourth-order valence-electron chi connectivity index (χ4n) is 6.14. The van der Waals surface area contributed by atoms with E-state index in [-0.39, 0.29) is 5.52 Å². The maximum absolute atomic E-state index is 13.5. The molecule has 3 atom stereocenters. The highest BCUT2D eigenvalue weighted by atomic mass is 19.4. The van der Waals surface area contributed by atoms with Crippen molar-refractivity contribution in [1.29, 1.82) is 0 Å². The molecule has 4 fully saturated rings. The molecule has 30 heavy (non-hydrogen) atoms. The molecule has 3 aliphatic heterocycles. The van der Waals surface area contributed by atoms with Gasteiger partial charge in [-0.15, -0.1) is 0 Å². The van der Waals surface area contributed by atoms with E-state index in [4.69, 9.17) is 0 Å². The van der Waals surface area contributed by atoms with Crippen LogP contribution in [0.15, 0.2) is 24.5 Å². The Kier molecular flexibility index (Phi) is 4.10. The van der Waals surface area contributed by atoms with Crippen LogP contribution in [0.5, 0.6) is 0 Å². The lowest BCUT2D eigenvalue weighted by Crippen LogP contribution is -2.34. The van der Waals surface area contributed by atoms with Gasteiger partial charge in [0.1, 0.15) is 11.0 Å². The second kappa shape index (κ2) is 6.53. The lowest BCUT2D eigenvalue weighted by Gasteiger charge is -2.25. The topological polar surface area (TPSA) is 44.3 Å². The van der Waals surface area contributed by atoms with Crippen molar-refractivity contribution in [3.63, 3.8) is 0 Å². The molecule has 160 valence electrons. The molecule has 1 saturated carbocycles. The van der Waals surface area contributed by atoms with Gasteiger partial charge < -0.3 is 15.1 Å². The molecule has 2 aromatic rings. The second-order valence-electron chi connectivity index (χ2n) is 9.72. The van der Waals surface area contributed by atoms with E-state index in [1.807, 2.05) is 0 Å². The summed E-state index contributed by atoms with van der Waals surface area (Å²) in [5.74, 6) is 2.14. The molecular weight excluding hydrogens is 391 g/mol. The molecule has 1 N–H and O–H groups in total. The van der Waals surface area contributed by atoms with Crippen molar-refractivity contribution in [2.75, 3.05) is 50.7 Å². The summed E-state index contributed by atoms with van der Waals surface area (Å²) in [4.78, 5) is 13.3. The molecular formula is C22H26F3N5. The predicted octanol–water partition coefficient (Wildman–Crippen LogP) is 3.02. The zero-order valence-corrected chi connectivity index (χ0v) is 16.8. The van der Waals surface area contributed by atoms with Gasteiger partial charge in [0.05, 0.1) is 11.3 Å². The van der Waals surface area contributed by atoms with Crippen LogP contribution < -0.4 is 10.2 Å². The number of nitrogens with one attached hydrogen (secondary N) is 1. The van der Waals surface area contributed by atoms with Crippen LogP contribution in [0, 0.1) is 23.2 Å². The van der Waals surface area contributed by atoms with E-state index in [0.29, 0.717) is 16.8 Å². The zero-order chi connectivity index (χ0) is 20.5. The van der Waals surface area contributed by atoms with Crippen LogP contribution in [0.25, 0.3) is 11.0 Å². The Morgan fingerprint density at radius 1 is 1.00 bits per heavy atom. The average Bonchev–Trinajstić information content (AvgIpc) is 3.02. The number of benzene rings is 1. The number of rotatable bonds is 3. The van der Waals surface area contributed by atoms with E-state index >= 15 is 0 Å².